The number of carbonyl (C=O) groups excluding carboxylic acids is 2. The van der Waals surface area contributed by atoms with E-state index in [9.17, 15) is 9.59 Å². The van der Waals surface area contributed by atoms with Crippen molar-refractivity contribution in [2.75, 3.05) is 6.61 Å². The summed E-state index contributed by atoms with van der Waals surface area (Å²) in [6, 6.07) is 3.73. The maximum absolute atomic E-state index is 11.7. The van der Waals surface area contributed by atoms with Gasteiger partial charge in [-0.05, 0) is 18.4 Å². The highest BCUT2D eigenvalue weighted by Gasteiger charge is 2.14. The van der Waals surface area contributed by atoms with Crippen LogP contribution in [0.1, 0.15) is 28.3 Å². The first-order chi connectivity index (χ1) is 9.66. The van der Waals surface area contributed by atoms with Crippen molar-refractivity contribution >= 4 is 23.2 Å². The number of nitrogens with one attached hydrogen (secondary N) is 1. The van der Waals surface area contributed by atoms with Crippen LogP contribution < -0.4 is 5.32 Å². The third-order valence-corrected chi connectivity index (χ3v) is 3.51. The SMILES string of the molecule is C[C@@H](NC(=O)COC(=O)c1cnccn1)c1cccs1. The lowest BCUT2D eigenvalue weighted by Crippen LogP contribution is -2.30. The molecule has 0 aliphatic carbocycles. The number of thiophene rings is 1. The minimum atomic E-state index is -0.669. The van der Waals surface area contributed by atoms with Gasteiger partial charge in [-0.2, -0.15) is 0 Å². The lowest BCUT2D eigenvalue weighted by molar-refractivity contribution is -0.124. The molecule has 1 N–H and O–H groups in total. The first kappa shape index (κ1) is 14.1. The van der Waals surface area contributed by atoms with Crippen LogP contribution in [0.3, 0.4) is 0 Å². The second-order valence-corrected chi connectivity index (χ2v) is 4.95. The molecule has 6 nitrogen and oxygen atoms in total. The van der Waals surface area contributed by atoms with Crippen LogP contribution in [0.5, 0.6) is 0 Å². The molecular formula is C13H13N3O3S. The van der Waals surface area contributed by atoms with E-state index in [0.717, 1.165) is 4.88 Å². The van der Waals surface area contributed by atoms with Crippen molar-refractivity contribution in [3.8, 4) is 0 Å². The lowest BCUT2D eigenvalue weighted by Gasteiger charge is -2.12. The van der Waals surface area contributed by atoms with Crippen LogP contribution in [0.2, 0.25) is 0 Å². The van der Waals surface area contributed by atoms with Crippen LogP contribution in [0.15, 0.2) is 36.1 Å². The van der Waals surface area contributed by atoms with Gasteiger partial charge in [-0.3, -0.25) is 9.78 Å². The van der Waals surface area contributed by atoms with E-state index in [4.69, 9.17) is 4.74 Å². The zero-order chi connectivity index (χ0) is 14.4. The van der Waals surface area contributed by atoms with Crippen molar-refractivity contribution in [1.29, 1.82) is 0 Å². The Hall–Kier alpha value is -2.28. The van der Waals surface area contributed by atoms with Gasteiger partial charge in [0.15, 0.2) is 12.3 Å². The second kappa shape index (κ2) is 6.76. The lowest BCUT2D eigenvalue weighted by atomic mass is 10.3. The van der Waals surface area contributed by atoms with E-state index in [1.807, 2.05) is 24.4 Å². The van der Waals surface area contributed by atoms with Crippen LogP contribution in [-0.4, -0.2) is 28.5 Å². The number of hydrogen-bond donors (Lipinski definition) is 1. The fourth-order valence-corrected chi connectivity index (χ4v) is 2.24. The molecule has 1 amide bonds. The molecule has 0 unspecified atom stereocenters. The molecule has 2 heterocycles. The summed E-state index contributed by atoms with van der Waals surface area (Å²) in [5, 5.41) is 4.68. The van der Waals surface area contributed by atoms with Crippen LogP contribution >= 0.6 is 11.3 Å². The van der Waals surface area contributed by atoms with Gasteiger partial charge in [-0.25, -0.2) is 9.78 Å². The predicted octanol–water partition coefficient (Wildman–Crippen LogP) is 1.57. The van der Waals surface area contributed by atoms with Gasteiger partial charge in [0.25, 0.3) is 5.91 Å². The average molecular weight is 291 g/mol. The topological polar surface area (TPSA) is 81.2 Å². The van der Waals surface area contributed by atoms with Gasteiger partial charge in [0.2, 0.25) is 0 Å². The largest absolute Gasteiger partial charge is 0.451 e. The number of rotatable bonds is 5. The van der Waals surface area contributed by atoms with E-state index in [1.54, 1.807) is 11.3 Å². The van der Waals surface area contributed by atoms with Gasteiger partial charge < -0.3 is 10.1 Å². The van der Waals surface area contributed by atoms with Crippen molar-refractivity contribution in [2.24, 2.45) is 0 Å². The summed E-state index contributed by atoms with van der Waals surface area (Å²) < 4.78 is 4.86. The Kier molecular flexibility index (Phi) is 4.78. The summed E-state index contributed by atoms with van der Waals surface area (Å²) in [4.78, 5) is 31.8. The molecule has 0 aliphatic rings. The fraction of sp³-hybridized carbons (Fsp3) is 0.231. The number of nitrogens with zero attached hydrogens (tertiary/aromatic N) is 2. The third kappa shape index (κ3) is 3.86. The summed E-state index contributed by atoms with van der Waals surface area (Å²) in [5.74, 6) is -1.03. The van der Waals surface area contributed by atoms with E-state index in [2.05, 4.69) is 15.3 Å². The third-order valence-electron chi connectivity index (χ3n) is 2.45. The first-order valence-corrected chi connectivity index (χ1v) is 6.80. The molecule has 0 bridgehead atoms. The number of aromatic nitrogens is 2. The number of ether oxygens (including phenoxy) is 1. The molecule has 0 spiro atoms. The number of carbonyl (C=O) groups is 2. The zero-order valence-corrected chi connectivity index (χ0v) is 11.6. The van der Waals surface area contributed by atoms with Gasteiger partial charge in [0, 0.05) is 17.3 Å². The summed E-state index contributed by atoms with van der Waals surface area (Å²) in [5.41, 5.74) is 0.0756. The Morgan fingerprint density at radius 3 is 2.95 bits per heavy atom. The normalized spacial score (nSPS) is 11.7. The van der Waals surface area contributed by atoms with Crippen molar-refractivity contribution < 1.29 is 14.3 Å². The smallest absolute Gasteiger partial charge is 0.359 e. The summed E-state index contributed by atoms with van der Waals surface area (Å²) in [7, 11) is 0. The molecule has 20 heavy (non-hydrogen) atoms. The maximum Gasteiger partial charge on any atom is 0.359 e. The summed E-state index contributed by atoms with van der Waals surface area (Å²) in [6.45, 7) is 1.53. The first-order valence-electron chi connectivity index (χ1n) is 5.92. The molecule has 2 rings (SSSR count). The maximum atomic E-state index is 11.7. The Bertz CT molecular complexity index is 572. The molecule has 2 aromatic heterocycles. The Labute approximate surface area is 119 Å². The second-order valence-electron chi connectivity index (χ2n) is 3.97. The van der Waals surface area contributed by atoms with Gasteiger partial charge in [0.05, 0.1) is 12.2 Å². The van der Waals surface area contributed by atoms with E-state index in [0.29, 0.717) is 0 Å². The molecule has 0 aromatic carbocycles. The van der Waals surface area contributed by atoms with E-state index in [-0.39, 0.29) is 24.2 Å². The molecule has 0 aliphatic heterocycles. The predicted molar refractivity (Wildman–Crippen MR) is 73.2 cm³/mol. The number of hydrogen-bond acceptors (Lipinski definition) is 6. The molecule has 0 saturated carbocycles. The van der Waals surface area contributed by atoms with Crippen molar-refractivity contribution in [1.82, 2.24) is 15.3 Å². The van der Waals surface area contributed by atoms with E-state index < -0.39 is 5.97 Å². The Balaban J connectivity index is 1.79. The van der Waals surface area contributed by atoms with Gasteiger partial charge in [-0.15, -0.1) is 11.3 Å². The molecular weight excluding hydrogens is 278 g/mol. The van der Waals surface area contributed by atoms with Crippen LogP contribution in [-0.2, 0) is 9.53 Å². The highest BCUT2D eigenvalue weighted by molar-refractivity contribution is 7.10. The quantitative estimate of drug-likeness (QED) is 0.846. The molecule has 2 aromatic rings. The molecule has 7 heteroatoms. The molecule has 0 fully saturated rings. The molecule has 104 valence electrons. The van der Waals surface area contributed by atoms with E-state index >= 15 is 0 Å². The van der Waals surface area contributed by atoms with Gasteiger partial charge >= 0.3 is 5.97 Å². The molecule has 0 saturated heterocycles. The monoisotopic (exact) mass is 291 g/mol. The standard InChI is InChI=1S/C13H13N3O3S/c1-9(11-3-2-6-20-11)16-12(17)8-19-13(18)10-7-14-4-5-15-10/h2-7,9H,8H2,1H3,(H,16,17)/t9-/m1/s1. The highest BCUT2D eigenvalue weighted by atomic mass is 32.1. The average Bonchev–Trinajstić information content (AvgIpc) is 3.00. The number of amides is 1. The van der Waals surface area contributed by atoms with Gasteiger partial charge in [-0.1, -0.05) is 6.07 Å². The fourth-order valence-electron chi connectivity index (χ4n) is 1.50. The Morgan fingerprint density at radius 1 is 1.45 bits per heavy atom. The van der Waals surface area contributed by atoms with Crippen molar-refractivity contribution in [2.45, 2.75) is 13.0 Å². The summed E-state index contributed by atoms with van der Waals surface area (Å²) >= 11 is 1.55. The Morgan fingerprint density at radius 2 is 2.30 bits per heavy atom. The molecule has 1 atom stereocenters. The number of esters is 1. The zero-order valence-electron chi connectivity index (χ0n) is 10.8. The van der Waals surface area contributed by atoms with Crippen molar-refractivity contribution in [3.05, 3.63) is 46.7 Å². The van der Waals surface area contributed by atoms with Crippen LogP contribution in [0.4, 0.5) is 0 Å². The minimum absolute atomic E-state index is 0.0756. The highest BCUT2D eigenvalue weighted by Crippen LogP contribution is 2.17. The van der Waals surface area contributed by atoms with E-state index in [1.165, 1.54) is 18.6 Å². The minimum Gasteiger partial charge on any atom is -0.451 e. The molecule has 0 radical (unpaired) electrons. The van der Waals surface area contributed by atoms with Crippen molar-refractivity contribution in [3.63, 3.8) is 0 Å². The van der Waals surface area contributed by atoms with Crippen LogP contribution in [0.25, 0.3) is 0 Å². The van der Waals surface area contributed by atoms with Crippen LogP contribution in [0, 0.1) is 0 Å². The summed E-state index contributed by atoms with van der Waals surface area (Å²) in [6.07, 6.45) is 4.12. The van der Waals surface area contributed by atoms with Gasteiger partial charge in [0.1, 0.15) is 0 Å².